The molecule has 1 aromatic carbocycles. The number of ether oxygens (including phenoxy) is 1. The van der Waals surface area contributed by atoms with Crippen molar-refractivity contribution >= 4 is 11.4 Å². The third-order valence-corrected chi connectivity index (χ3v) is 3.12. The molecule has 2 rings (SSSR count). The van der Waals surface area contributed by atoms with E-state index in [4.69, 9.17) is 10.5 Å². The molecule has 3 nitrogen and oxygen atoms in total. The summed E-state index contributed by atoms with van der Waals surface area (Å²) in [4.78, 5) is 2.23. The van der Waals surface area contributed by atoms with Crippen molar-refractivity contribution in [2.24, 2.45) is 0 Å². The number of hydrogen-bond donors (Lipinski definition) is 1. The summed E-state index contributed by atoms with van der Waals surface area (Å²) >= 11 is 0. The van der Waals surface area contributed by atoms with Gasteiger partial charge in [0.05, 0.1) is 6.10 Å². The average Bonchev–Trinajstić information content (AvgIpc) is 2.78. The Morgan fingerprint density at radius 2 is 2.38 bits per heavy atom. The Morgan fingerprint density at radius 1 is 1.50 bits per heavy atom. The molecule has 0 radical (unpaired) electrons. The number of rotatable bonds is 4. The zero-order valence-corrected chi connectivity index (χ0v) is 9.86. The van der Waals surface area contributed by atoms with E-state index >= 15 is 0 Å². The molecule has 2 N–H and O–H groups in total. The van der Waals surface area contributed by atoms with Gasteiger partial charge in [-0.15, -0.1) is 0 Å². The molecule has 1 aromatic rings. The Morgan fingerprint density at radius 3 is 3.06 bits per heavy atom. The van der Waals surface area contributed by atoms with E-state index in [2.05, 4.69) is 18.0 Å². The van der Waals surface area contributed by atoms with Crippen LogP contribution in [0.3, 0.4) is 0 Å². The van der Waals surface area contributed by atoms with Gasteiger partial charge in [0.15, 0.2) is 0 Å². The highest BCUT2D eigenvalue weighted by Gasteiger charge is 2.15. The minimum atomic E-state index is 0.462. The molecule has 88 valence electrons. The van der Waals surface area contributed by atoms with Crippen molar-refractivity contribution in [3.63, 3.8) is 0 Å². The van der Waals surface area contributed by atoms with Crippen molar-refractivity contribution in [3.8, 4) is 0 Å². The van der Waals surface area contributed by atoms with Crippen LogP contribution in [0.25, 0.3) is 0 Å². The number of nitrogens with zero attached hydrogens (tertiary/aromatic N) is 1. The zero-order chi connectivity index (χ0) is 11.4. The standard InChI is InChI=1S/C13H20N2O/c1-15(8-7-13-6-3-9-16-13)12-5-2-4-11(14)10-12/h2,4-5,10,13H,3,6-9,14H2,1H3. The van der Waals surface area contributed by atoms with Gasteiger partial charge >= 0.3 is 0 Å². The van der Waals surface area contributed by atoms with Gasteiger partial charge in [0, 0.05) is 31.6 Å². The molecule has 16 heavy (non-hydrogen) atoms. The molecular formula is C13H20N2O. The molecule has 0 bridgehead atoms. The number of nitrogen functional groups attached to an aromatic ring is 1. The first kappa shape index (κ1) is 11.3. The van der Waals surface area contributed by atoms with Gasteiger partial charge in [0.1, 0.15) is 0 Å². The van der Waals surface area contributed by atoms with E-state index in [9.17, 15) is 0 Å². The molecule has 0 amide bonds. The summed E-state index contributed by atoms with van der Waals surface area (Å²) in [6.07, 6.45) is 3.99. The van der Waals surface area contributed by atoms with E-state index < -0.39 is 0 Å². The first-order valence-electron chi connectivity index (χ1n) is 5.94. The molecule has 1 saturated heterocycles. The van der Waals surface area contributed by atoms with Crippen molar-refractivity contribution in [1.29, 1.82) is 0 Å². The highest BCUT2D eigenvalue weighted by Crippen LogP contribution is 2.19. The second-order valence-electron chi connectivity index (χ2n) is 4.44. The summed E-state index contributed by atoms with van der Waals surface area (Å²) in [5.41, 5.74) is 7.76. The second kappa shape index (κ2) is 5.21. The predicted molar refractivity (Wildman–Crippen MR) is 67.7 cm³/mol. The molecule has 1 fully saturated rings. The van der Waals surface area contributed by atoms with Gasteiger partial charge in [-0.2, -0.15) is 0 Å². The Kier molecular flexibility index (Phi) is 3.67. The maximum absolute atomic E-state index is 5.76. The van der Waals surface area contributed by atoms with Crippen molar-refractivity contribution in [3.05, 3.63) is 24.3 Å². The molecule has 1 aliphatic rings. The molecule has 1 heterocycles. The summed E-state index contributed by atoms with van der Waals surface area (Å²) in [7, 11) is 2.10. The van der Waals surface area contributed by atoms with Gasteiger partial charge in [0.25, 0.3) is 0 Å². The van der Waals surface area contributed by atoms with Gasteiger partial charge in [0.2, 0.25) is 0 Å². The first-order chi connectivity index (χ1) is 7.75. The van der Waals surface area contributed by atoms with E-state index in [0.29, 0.717) is 6.10 Å². The lowest BCUT2D eigenvalue weighted by molar-refractivity contribution is 0.106. The van der Waals surface area contributed by atoms with Crippen molar-refractivity contribution in [2.75, 3.05) is 30.8 Å². The van der Waals surface area contributed by atoms with Crippen molar-refractivity contribution < 1.29 is 4.74 Å². The third kappa shape index (κ3) is 2.89. The van der Waals surface area contributed by atoms with Crippen LogP contribution in [-0.2, 0) is 4.74 Å². The van der Waals surface area contributed by atoms with Crippen LogP contribution in [-0.4, -0.2) is 26.3 Å². The molecule has 1 unspecified atom stereocenters. The van der Waals surface area contributed by atoms with Gasteiger partial charge in [-0.3, -0.25) is 0 Å². The van der Waals surface area contributed by atoms with Gasteiger partial charge < -0.3 is 15.4 Å². The quantitative estimate of drug-likeness (QED) is 0.791. The highest BCUT2D eigenvalue weighted by molar-refractivity contribution is 5.55. The fourth-order valence-corrected chi connectivity index (χ4v) is 2.10. The van der Waals surface area contributed by atoms with Crippen LogP contribution >= 0.6 is 0 Å². The molecule has 0 spiro atoms. The average molecular weight is 220 g/mol. The van der Waals surface area contributed by atoms with E-state index in [1.165, 1.54) is 18.5 Å². The van der Waals surface area contributed by atoms with E-state index in [0.717, 1.165) is 25.3 Å². The smallest absolute Gasteiger partial charge is 0.0592 e. The van der Waals surface area contributed by atoms with Crippen LogP contribution in [0.5, 0.6) is 0 Å². The summed E-state index contributed by atoms with van der Waals surface area (Å²) in [6, 6.07) is 8.01. The maximum atomic E-state index is 5.76. The first-order valence-corrected chi connectivity index (χ1v) is 5.94. The summed E-state index contributed by atoms with van der Waals surface area (Å²) < 4.78 is 5.61. The van der Waals surface area contributed by atoms with Crippen LogP contribution in [0.1, 0.15) is 19.3 Å². The fraction of sp³-hybridized carbons (Fsp3) is 0.538. The third-order valence-electron chi connectivity index (χ3n) is 3.12. The Labute approximate surface area is 97.2 Å². The molecular weight excluding hydrogens is 200 g/mol. The highest BCUT2D eigenvalue weighted by atomic mass is 16.5. The molecule has 1 atom stereocenters. The molecule has 0 aliphatic carbocycles. The zero-order valence-electron chi connectivity index (χ0n) is 9.86. The van der Waals surface area contributed by atoms with Crippen molar-refractivity contribution in [2.45, 2.75) is 25.4 Å². The second-order valence-corrected chi connectivity index (χ2v) is 4.44. The van der Waals surface area contributed by atoms with Crippen molar-refractivity contribution in [1.82, 2.24) is 0 Å². The largest absolute Gasteiger partial charge is 0.399 e. The summed E-state index contributed by atoms with van der Waals surface area (Å²) in [5.74, 6) is 0. The minimum Gasteiger partial charge on any atom is -0.399 e. The number of nitrogens with two attached hydrogens (primary N) is 1. The summed E-state index contributed by atoms with van der Waals surface area (Å²) in [5, 5.41) is 0. The lowest BCUT2D eigenvalue weighted by Crippen LogP contribution is -2.22. The molecule has 0 aromatic heterocycles. The Bertz CT molecular complexity index is 334. The molecule has 3 heteroatoms. The number of hydrogen-bond acceptors (Lipinski definition) is 3. The van der Waals surface area contributed by atoms with Crippen LogP contribution in [0, 0.1) is 0 Å². The van der Waals surface area contributed by atoms with Crippen LogP contribution in [0.15, 0.2) is 24.3 Å². The molecule has 1 aliphatic heterocycles. The SMILES string of the molecule is CN(CCC1CCCO1)c1cccc(N)c1. The normalized spacial score (nSPS) is 19.9. The topological polar surface area (TPSA) is 38.5 Å². The Hall–Kier alpha value is -1.22. The van der Waals surface area contributed by atoms with Crippen LogP contribution in [0.4, 0.5) is 11.4 Å². The minimum absolute atomic E-state index is 0.462. The lowest BCUT2D eigenvalue weighted by atomic mass is 10.1. The van der Waals surface area contributed by atoms with Crippen LogP contribution < -0.4 is 10.6 Å². The Balaban J connectivity index is 1.85. The number of anilines is 2. The van der Waals surface area contributed by atoms with E-state index in [1.807, 2.05) is 18.2 Å². The van der Waals surface area contributed by atoms with E-state index in [-0.39, 0.29) is 0 Å². The monoisotopic (exact) mass is 220 g/mol. The predicted octanol–water partition coefficient (Wildman–Crippen LogP) is 2.27. The summed E-state index contributed by atoms with van der Waals surface area (Å²) in [6.45, 7) is 1.96. The lowest BCUT2D eigenvalue weighted by Gasteiger charge is -2.21. The van der Waals surface area contributed by atoms with Gasteiger partial charge in [-0.25, -0.2) is 0 Å². The van der Waals surface area contributed by atoms with Gasteiger partial charge in [-0.05, 0) is 37.5 Å². The molecule has 0 saturated carbocycles. The van der Waals surface area contributed by atoms with E-state index in [1.54, 1.807) is 0 Å². The number of benzene rings is 1. The van der Waals surface area contributed by atoms with Crippen LogP contribution in [0.2, 0.25) is 0 Å². The maximum Gasteiger partial charge on any atom is 0.0592 e. The van der Waals surface area contributed by atoms with Gasteiger partial charge in [-0.1, -0.05) is 6.07 Å². The fourth-order valence-electron chi connectivity index (χ4n) is 2.10.